The minimum atomic E-state index is -0.176. The molecule has 3 rings (SSSR count). The van der Waals surface area contributed by atoms with E-state index in [2.05, 4.69) is 34.6 Å². The van der Waals surface area contributed by atoms with Gasteiger partial charge in [0.15, 0.2) is 0 Å². The van der Waals surface area contributed by atoms with Gasteiger partial charge in [-0.05, 0) is 44.9 Å². The maximum Gasteiger partial charge on any atom is 0.274 e. The Labute approximate surface area is 147 Å². The summed E-state index contributed by atoms with van der Waals surface area (Å²) in [6.45, 7) is 8.52. The average molecular weight is 337 g/mol. The summed E-state index contributed by atoms with van der Waals surface area (Å²) < 4.78 is 3.52. The predicted molar refractivity (Wildman–Crippen MR) is 97.9 cm³/mol. The zero-order valence-electron chi connectivity index (χ0n) is 15.3. The van der Waals surface area contributed by atoms with Crippen LogP contribution in [0.15, 0.2) is 30.3 Å². The monoisotopic (exact) mass is 337 g/mol. The molecule has 0 saturated carbocycles. The number of carbonyl (C=O) groups excluding carboxylic acids is 1. The van der Waals surface area contributed by atoms with E-state index in [9.17, 15) is 4.79 Å². The lowest BCUT2D eigenvalue weighted by atomic mass is 10.1. The molecule has 1 N–H and O–H groups in total. The lowest BCUT2D eigenvalue weighted by Crippen LogP contribution is -2.17. The first kappa shape index (κ1) is 17.0. The van der Waals surface area contributed by atoms with Crippen molar-refractivity contribution < 1.29 is 4.79 Å². The Balaban J connectivity index is 1.86. The summed E-state index contributed by atoms with van der Waals surface area (Å²) in [7, 11) is 1.77. The molecule has 1 aromatic carbocycles. The van der Waals surface area contributed by atoms with Crippen LogP contribution in [0.3, 0.4) is 0 Å². The van der Waals surface area contributed by atoms with E-state index in [1.807, 2.05) is 37.6 Å². The summed E-state index contributed by atoms with van der Waals surface area (Å²) in [5, 5.41) is 11.8. The number of aryl methyl sites for hydroxylation is 4. The highest BCUT2D eigenvalue weighted by Crippen LogP contribution is 2.22. The Hall–Kier alpha value is -2.89. The van der Waals surface area contributed by atoms with Crippen molar-refractivity contribution in [3.63, 3.8) is 0 Å². The number of nitrogens with zero attached hydrogens (tertiary/aromatic N) is 4. The minimum absolute atomic E-state index is 0.176. The topological polar surface area (TPSA) is 64.7 Å². The van der Waals surface area contributed by atoms with Gasteiger partial charge in [0.1, 0.15) is 5.69 Å². The van der Waals surface area contributed by atoms with Crippen LogP contribution in [-0.4, -0.2) is 25.5 Å². The van der Waals surface area contributed by atoms with Crippen molar-refractivity contribution in [2.75, 3.05) is 5.32 Å². The quantitative estimate of drug-likeness (QED) is 0.795. The van der Waals surface area contributed by atoms with Crippen LogP contribution in [0.25, 0.3) is 0 Å². The molecule has 2 aromatic heterocycles. The van der Waals surface area contributed by atoms with Crippen molar-refractivity contribution in [1.82, 2.24) is 19.6 Å². The van der Waals surface area contributed by atoms with Crippen LogP contribution in [0.5, 0.6) is 0 Å². The molecule has 0 saturated heterocycles. The van der Waals surface area contributed by atoms with Crippen LogP contribution >= 0.6 is 0 Å². The van der Waals surface area contributed by atoms with E-state index in [4.69, 9.17) is 0 Å². The molecule has 6 nitrogen and oxygen atoms in total. The van der Waals surface area contributed by atoms with E-state index in [-0.39, 0.29) is 5.91 Å². The van der Waals surface area contributed by atoms with Gasteiger partial charge in [0.05, 0.1) is 29.3 Å². The number of anilines is 1. The number of hydrogen-bond acceptors (Lipinski definition) is 3. The zero-order valence-corrected chi connectivity index (χ0v) is 15.3. The third-order valence-electron chi connectivity index (χ3n) is 4.44. The van der Waals surface area contributed by atoms with Gasteiger partial charge in [0.2, 0.25) is 0 Å². The fourth-order valence-electron chi connectivity index (χ4n) is 2.98. The molecule has 0 aliphatic heterocycles. The van der Waals surface area contributed by atoms with Crippen LogP contribution in [0.1, 0.15) is 38.7 Å². The summed E-state index contributed by atoms with van der Waals surface area (Å²) >= 11 is 0. The molecule has 1 amide bonds. The van der Waals surface area contributed by atoms with Gasteiger partial charge in [-0.25, -0.2) is 0 Å². The van der Waals surface area contributed by atoms with Crippen LogP contribution in [0.4, 0.5) is 5.69 Å². The standard InChI is InChI=1S/C19H23N5O/c1-12-8-6-7-9-16(12)11-24-15(4)18(14(3)22-24)20-19(25)17-10-13(2)21-23(17)5/h6-10H,11H2,1-5H3,(H,20,25). The van der Waals surface area contributed by atoms with Gasteiger partial charge in [-0.1, -0.05) is 24.3 Å². The van der Waals surface area contributed by atoms with E-state index in [1.54, 1.807) is 17.8 Å². The molecular formula is C19H23N5O. The summed E-state index contributed by atoms with van der Waals surface area (Å²) in [6, 6.07) is 10.0. The Morgan fingerprint density at radius 3 is 2.48 bits per heavy atom. The number of amides is 1. The van der Waals surface area contributed by atoms with E-state index in [1.165, 1.54) is 11.1 Å². The maximum absolute atomic E-state index is 12.6. The fraction of sp³-hybridized carbons (Fsp3) is 0.316. The number of carbonyl (C=O) groups is 1. The van der Waals surface area contributed by atoms with Crippen molar-refractivity contribution in [2.24, 2.45) is 7.05 Å². The zero-order chi connectivity index (χ0) is 18.1. The second kappa shape index (κ2) is 6.55. The second-order valence-corrected chi connectivity index (χ2v) is 6.38. The molecule has 3 aromatic rings. The Morgan fingerprint density at radius 2 is 1.84 bits per heavy atom. The number of benzene rings is 1. The molecule has 0 radical (unpaired) electrons. The number of rotatable bonds is 4. The third kappa shape index (κ3) is 3.33. The molecule has 130 valence electrons. The smallest absolute Gasteiger partial charge is 0.274 e. The molecule has 0 fully saturated rings. The van der Waals surface area contributed by atoms with Crippen molar-refractivity contribution in [3.8, 4) is 0 Å². The van der Waals surface area contributed by atoms with Crippen molar-refractivity contribution >= 4 is 11.6 Å². The Kier molecular flexibility index (Phi) is 4.44. The lowest BCUT2D eigenvalue weighted by Gasteiger charge is -2.09. The Bertz CT molecular complexity index is 935. The molecule has 0 aliphatic rings. The number of hydrogen-bond donors (Lipinski definition) is 1. The maximum atomic E-state index is 12.6. The molecule has 25 heavy (non-hydrogen) atoms. The van der Waals surface area contributed by atoms with Gasteiger partial charge in [-0.3, -0.25) is 14.2 Å². The minimum Gasteiger partial charge on any atom is -0.317 e. The highest BCUT2D eigenvalue weighted by molar-refractivity contribution is 6.03. The first-order valence-corrected chi connectivity index (χ1v) is 8.27. The molecule has 6 heteroatoms. The van der Waals surface area contributed by atoms with E-state index in [0.29, 0.717) is 12.2 Å². The predicted octanol–water partition coefficient (Wildman–Crippen LogP) is 3.15. The number of aromatic nitrogens is 4. The van der Waals surface area contributed by atoms with Gasteiger partial charge in [-0.15, -0.1) is 0 Å². The van der Waals surface area contributed by atoms with Crippen molar-refractivity contribution in [2.45, 2.75) is 34.2 Å². The van der Waals surface area contributed by atoms with Crippen molar-refractivity contribution in [1.29, 1.82) is 0 Å². The van der Waals surface area contributed by atoms with Crippen LogP contribution in [-0.2, 0) is 13.6 Å². The normalized spacial score (nSPS) is 10.9. The van der Waals surface area contributed by atoms with Gasteiger partial charge < -0.3 is 5.32 Å². The molecule has 0 atom stereocenters. The van der Waals surface area contributed by atoms with E-state index < -0.39 is 0 Å². The van der Waals surface area contributed by atoms with Gasteiger partial charge in [0.25, 0.3) is 5.91 Å². The molecule has 0 aliphatic carbocycles. The molecule has 2 heterocycles. The summed E-state index contributed by atoms with van der Waals surface area (Å²) in [6.07, 6.45) is 0. The third-order valence-corrected chi connectivity index (χ3v) is 4.44. The molecule has 0 bridgehead atoms. The lowest BCUT2D eigenvalue weighted by molar-refractivity contribution is 0.101. The highest BCUT2D eigenvalue weighted by atomic mass is 16.2. The molecule has 0 spiro atoms. The van der Waals surface area contributed by atoms with Crippen LogP contribution in [0.2, 0.25) is 0 Å². The number of nitrogens with one attached hydrogen (secondary N) is 1. The van der Waals surface area contributed by atoms with Gasteiger partial charge >= 0.3 is 0 Å². The van der Waals surface area contributed by atoms with Crippen LogP contribution in [0, 0.1) is 27.7 Å². The van der Waals surface area contributed by atoms with Gasteiger partial charge in [0, 0.05) is 7.05 Å². The fourth-order valence-corrected chi connectivity index (χ4v) is 2.98. The Morgan fingerprint density at radius 1 is 1.12 bits per heavy atom. The second-order valence-electron chi connectivity index (χ2n) is 6.38. The first-order chi connectivity index (χ1) is 11.9. The average Bonchev–Trinajstić information content (AvgIpc) is 3.03. The molecular weight excluding hydrogens is 314 g/mol. The molecule has 0 unspecified atom stereocenters. The van der Waals surface area contributed by atoms with E-state index >= 15 is 0 Å². The first-order valence-electron chi connectivity index (χ1n) is 8.27. The van der Waals surface area contributed by atoms with Crippen LogP contribution < -0.4 is 5.32 Å². The highest BCUT2D eigenvalue weighted by Gasteiger charge is 2.18. The van der Waals surface area contributed by atoms with Crippen molar-refractivity contribution in [3.05, 3.63) is 64.2 Å². The SMILES string of the molecule is Cc1cc(C(=O)Nc2c(C)nn(Cc3ccccc3C)c2C)n(C)n1. The summed E-state index contributed by atoms with van der Waals surface area (Å²) in [4.78, 5) is 12.6. The van der Waals surface area contributed by atoms with Gasteiger partial charge in [-0.2, -0.15) is 10.2 Å². The summed E-state index contributed by atoms with van der Waals surface area (Å²) in [5.74, 6) is -0.176. The summed E-state index contributed by atoms with van der Waals surface area (Å²) in [5.41, 5.74) is 6.29. The van der Waals surface area contributed by atoms with E-state index in [0.717, 1.165) is 22.8 Å². The largest absolute Gasteiger partial charge is 0.317 e.